The maximum absolute atomic E-state index is 14.0. The van der Waals surface area contributed by atoms with Crippen molar-refractivity contribution < 1.29 is 23.8 Å². The smallest absolute Gasteiger partial charge is 0.317 e. The topological polar surface area (TPSA) is 88.0 Å². The average Bonchev–Trinajstić information content (AvgIpc) is 3.48. The number of benzene rings is 3. The van der Waals surface area contributed by atoms with E-state index in [2.05, 4.69) is 26.8 Å². The number of methoxy groups -OCH3 is 1. The number of hydrogen-bond acceptors (Lipinski definition) is 9. The molecule has 1 saturated heterocycles. The lowest BCUT2D eigenvalue weighted by atomic mass is 9.96. The maximum Gasteiger partial charge on any atom is 0.317 e. The highest BCUT2D eigenvalue weighted by atomic mass is 35.5. The van der Waals surface area contributed by atoms with Gasteiger partial charge in [-0.25, -0.2) is 14.4 Å². The first-order valence-corrected chi connectivity index (χ1v) is 17.7. The number of fused-ring (bicyclic) bond motifs is 1. The Morgan fingerprint density at radius 2 is 1.81 bits per heavy atom. The Balaban J connectivity index is 1.39. The van der Waals surface area contributed by atoms with Crippen LogP contribution in [0.25, 0.3) is 31.8 Å². The van der Waals surface area contributed by atoms with Crippen molar-refractivity contribution in [2.75, 3.05) is 53.5 Å². The van der Waals surface area contributed by atoms with Gasteiger partial charge in [0, 0.05) is 43.2 Å². The van der Waals surface area contributed by atoms with Crippen LogP contribution in [0.1, 0.15) is 11.1 Å². The van der Waals surface area contributed by atoms with E-state index >= 15 is 0 Å². The zero-order valence-corrected chi connectivity index (χ0v) is 29.3. The molecule has 1 N–H and O–H groups in total. The summed E-state index contributed by atoms with van der Waals surface area (Å²) in [4.78, 5) is 28.1. The van der Waals surface area contributed by atoms with E-state index in [4.69, 9.17) is 21.1 Å². The lowest BCUT2D eigenvalue weighted by Crippen LogP contribution is -2.45. The number of aliphatic carboxylic acids is 1. The Morgan fingerprint density at radius 1 is 1.06 bits per heavy atom. The number of rotatable bonds is 12. The molecule has 0 saturated carbocycles. The summed E-state index contributed by atoms with van der Waals surface area (Å²) in [7, 11) is 3.71. The zero-order chi connectivity index (χ0) is 33.8. The van der Waals surface area contributed by atoms with Crippen molar-refractivity contribution in [1.82, 2.24) is 19.8 Å². The minimum atomic E-state index is -0.967. The van der Waals surface area contributed by atoms with E-state index in [0.717, 1.165) is 70.8 Å². The summed E-state index contributed by atoms with van der Waals surface area (Å²) >= 11 is 9.61. The summed E-state index contributed by atoms with van der Waals surface area (Å²) in [6, 6.07) is 17.6. The van der Waals surface area contributed by atoms with Crippen molar-refractivity contribution in [3.8, 4) is 33.1 Å². The van der Waals surface area contributed by atoms with E-state index in [1.165, 1.54) is 41.6 Å². The summed E-state index contributed by atoms with van der Waals surface area (Å²) in [6.45, 7) is 7.36. The average molecular weight is 707 g/mol. The molecular weight excluding hydrogens is 671 g/mol. The number of nitrogens with zero attached hydrogens (tertiary/aromatic N) is 4. The SMILES string of the molecule is COc1ccccc1CC(Sc1ncnc2sc(-c3ccc(F)cc3)c(-c3ccc(OCCN4CCN(C)CC4)c(Cl)c3C)c12)C(=O)O. The molecule has 0 bridgehead atoms. The van der Waals surface area contributed by atoms with Crippen LogP contribution < -0.4 is 9.47 Å². The van der Waals surface area contributed by atoms with E-state index in [0.29, 0.717) is 33.0 Å². The van der Waals surface area contributed by atoms with Gasteiger partial charge < -0.3 is 19.5 Å². The van der Waals surface area contributed by atoms with Crippen LogP contribution >= 0.6 is 34.7 Å². The van der Waals surface area contributed by atoms with Crippen molar-refractivity contribution in [3.05, 3.63) is 89.0 Å². The standard InChI is InChI=1S/C36H36ClFN4O4S2/c1-22-26(12-13-28(32(22)37)46-19-18-42-16-14-41(2)15-17-42)30-31-34(47-29(36(43)44)20-24-6-4-5-7-27(24)45-3)39-21-40-35(31)48-33(30)23-8-10-25(38)11-9-23/h4-13,21,29H,14-20H2,1-3H3,(H,43,44). The monoisotopic (exact) mass is 706 g/mol. The summed E-state index contributed by atoms with van der Waals surface area (Å²) in [5.41, 5.74) is 4.05. The molecule has 8 nitrogen and oxygen atoms in total. The van der Waals surface area contributed by atoms with Gasteiger partial charge in [0.15, 0.2) is 0 Å². The van der Waals surface area contributed by atoms with E-state index in [1.807, 2.05) is 43.3 Å². The number of halogens is 2. The normalized spacial score (nSPS) is 14.7. The van der Waals surface area contributed by atoms with Gasteiger partial charge in [0.25, 0.3) is 0 Å². The number of carboxylic acids is 1. The van der Waals surface area contributed by atoms with Gasteiger partial charge in [-0.05, 0) is 66.9 Å². The molecule has 1 atom stereocenters. The van der Waals surface area contributed by atoms with Crippen molar-refractivity contribution in [2.24, 2.45) is 0 Å². The molecular formula is C36H36ClFN4O4S2. The minimum absolute atomic E-state index is 0.227. The van der Waals surface area contributed by atoms with Gasteiger partial charge in [0.05, 0.1) is 17.5 Å². The Hall–Kier alpha value is -3.74. The highest BCUT2D eigenvalue weighted by molar-refractivity contribution is 8.00. The quantitative estimate of drug-likeness (QED) is 0.104. The molecule has 3 aromatic carbocycles. The van der Waals surface area contributed by atoms with E-state index in [9.17, 15) is 14.3 Å². The lowest BCUT2D eigenvalue weighted by Gasteiger charge is -2.32. The van der Waals surface area contributed by atoms with Gasteiger partial charge in [-0.2, -0.15) is 0 Å². The molecule has 1 unspecified atom stereocenters. The Bertz CT molecular complexity index is 1910. The van der Waals surface area contributed by atoms with Gasteiger partial charge in [-0.1, -0.05) is 59.8 Å². The van der Waals surface area contributed by atoms with Crippen LogP contribution in [0.15, 0.2) is 72.0 Å². The number of hydrogen-bond donors (Lipinski definition) is 1. The predicted molar refractivity (Wildman–Crippen MR) is 191 cm³/mol. The molecule has 2 aromatic heterocycles. The molecule has 1 aliphatic heterocycles. The molecule has 12 heteroatoms. The van der Waals surface area contributed by atoms with Crippen molar-refractivity contribution >= 4 is 50.9 Å². The Kier molecular flexibility index (Phi) is 10.8. The van der Waals surface area contributed by atoms with Crippen molar-refractivity contribution in [2.45, 2.75) is 23.6 Å². The number of aromatic nitrogens is 2. The summed E-state index contributed by atoms with van der Waals surface area (Å²) in [6.07, 6.45) is 1.68. The van der Waals surface area contributed by atoms with Crippen LogP contribution in [0, 0.1) is 12.7 Å². The number of likely N-dealkylation sites (N-methyl/N-ethyl adjacent to an activating group) is 1. The van der Waals surface area contributed by atoms with Crippen LogP contribution in [0.4, 0.5) is 4.39 Å². The van der Waals surface area contributed by atoms with Gasteiger partial charge in [0.1, 0.15) is 45.4 Å². The second-order valence-electron chi connectivity index (χ2n) is 11.7. The highest BCUT2D eigenvalue weighted by Gasteiger charge is 2.28. The molecule has 0 radical (unpaired) electrons. The van der Waals surface area contributed by atoms with Crippen molar-refractivity contribution in [3.63, 3.8) is 0 Å². The Morgan fingerprint density at radius 3 is 2.54 bits per heavy atom. The second kappa shape index (κ2) is 15.2. The maximum atomic E-state index is 14.0. The van der Waals surface area contributed by atoms with Gasteiger partial charge >= 0.3 is 5.97 Å². The van der Waals surface area contributed by atoms with Crippen LogP contribution in [-0.4, -0.2) is 89.6 Å². The summed E-state index contributed by atoms with van der Waals surface area (Å²) < 4.78 is 25.7. The third-order valence-electron chi connectivity index (χ3n) is 8.57. The number of piperazine rings is 1. The third-order valence-corrected chi connectivity index (χ3v) is 11.4. The summed E-state index contributed by atoms with van der Waals surface area (Å²) in [5, 5.41) is 11.2. The number of carboxylic acid groups (broad SMARTS) is 1. The number of thioether (sulfide) groups is 1. The van der Waals surface area contributed by atoms with Crippen molar-refractivity contribution in [1.29, 1.82) is 0 Å². The number of thiophene rings is 1. The fraction of sp³-hybridized carbons (Fsp3) is 0.306. The molecule has 1 fully saturated rings. The van der Waals surface area contributed by atoms with Crippen LogP contribution in [0.5, 0.6) is 11.5 Å². The van der Waals surface area contributed by atoms with Gasteiger partial charge in [-0.15, -0.1) is 11.3 Å². The molecule has 5 aromatic rings. The van der Waals surface area contributed by atoms with E-state index < -0.39 is 11.2 Å². The molecule has 0 amide bonds. The largest absolute Gasteiger partial charge is 0.496 e. The zero-order valence-electron chi connectivity index (χ0n) is 26.9. The third kappa shape index (κ3) is 7.45. The molecule has 0 spiro atoms. The van der Waals surface area contributed by atoms with Crippen LogP contribution in [-0.2, 0) is 11.2 Å². The summed E-state index contributed by atoms with van der Waals surface area (Å²) in [5.74, 6) is -0.0764. The fourth-order valence-corrected chi connectivity index (χ4v) is 8.35. The second-order valence-corrected chi connectivity index (χ2v) is 14.2. The molecule has 250 valence electrons. The van der Waals surface area contributed by atoms with E-state index in [1.54, 1.807) is 19.2 Å². The molecule has 6 rings (SSSR count). The lowest BCUT2D eigenvalue weighted by molar-refractivity contribution is -0.136. The number of para-hydroxylation sites is 1. The minimum Gasteiger partial charge on any atom is -0.496 e. The highest BCUT2D eigenvalue weighted by Crippen LogP contribution is 2.49. The molecule has 1 aliphatic rings. The molecule has 48 heavy (non-hydrogen) atoms. The molecule has 0 aliphatic carbocycles. The number of carbonyl (C=O) groups is 1. The van der Waals surface area contributed by atoms with Crippen LogP contribution in [0.3, 0.4) is 0 Å². The first-order chi connectivity index (χ1) is 23.2. The fourth-order valence-electron chi connectivity index (χ4n) is 5.84. The first-order valence-electron chi connectivity index (χ1n) is 15.6. The van der Waals surface area contributed by atoms with Crippen LogP contribution in [0.2, 0.25) is 5.02 Å². The van der Waals surface area contributed by atoms with Gasteiger partial charge in [-0.3, -0.25) is 9.69 Å². The Labute approximate surface area is 292 Å². The molecule has 3 heterocycles. The van der Waals surface area contributed by atoms with Gasteiger partial charge in [0.2, 0.25) is 0 Å². The first kappa shape index (κ1) is 34.1. The van der Waals surface area contributed by atoms with E-state index in [-0.39, 0.29) is 12.2 Å². The number of ether oxygens (including phenoxy) is 2. The predicted octanol–water partition coefficient (Wildman–Crippen LogP) is 7.55.